The smallest absolute Gasteiger partial charge is 0.139 e. The van der Waals surface area contributed by atoms with E-state index in [2.05, 4.69) is 0 Å². The molecule has 0 aliphatic carbocycles. The fraction of sp³-hybridized carbons (Fsp3) is 0. The van der Waals surface area contributed by atoms with Crippen molar-refractivity contribution in [1.29, 1.82) is 0 Å². The van der Waals surface area contributed by atoms with Gasteiger partial charge in [0, 0.05) is 23.3 Å². The first kappa shape index (κ1) is 11.7. The number of hydrogen-bond donors (Lipinski definition) is 6. The van der Waals surface area contributed by atoms with E-state index in [9.17, 15) is 20.4 Å². The summed E-state index contributed by atoms with van der Waals surface area (Å²) < 4.78 is 0. The minimum absolute atomic E-state index is 0.00964. The Morgan fingerprint density at radius 2 is 0.889 bits per heavy atom. The number of benzene rings is 2. The Hall–Kier alpha value is -2.76. The molecule has 0 spiro atoms. The van der Waals surface area contributed by atoms with Gasteiger partial charge in [-0.15, -0.1) is 0 Å². The quantitative estimate of drug-likeness (QED) is 0.256. The fourth-order valence-electron chi connectivity index (χ4n) is 1.62. The van der Waals surface area contributed by atoms with E-state index in [0.29, 0.717) is 0 Å². The van der Waals surface area contributed by atoms with Gasteiger partial charge in [0.15, 0.2) is 0 Å². The van der Waals surface area contributed by atoms with Crippen molar-refractivity contribution < 1.29 is 20.4 Å². The Morgan fingerprint density at radius 1 is 0.556 bits per heavy atom. The summed E-state index contributed by atoms with van der Waals surface area (Å²) in [4.78, 5) is 0. The van der Waals surface area contributed by atoms with Gasteiger partial charge in [-0.25, -0.2) is 0 Å². The van der Waals surface area contributed by atoms with Gasteiger partial charge in [0.2, 0.25) is 0 Å². The summed E-state index contributed by atoms with van der Waals surface area (Å²) in [6, 6.07) is 4.68. The van der Waals surface area contributed by atoms with E-state index in [0.717, 1.165) is 12.1 Å². The number of rotatable bonds is 1. The molecule has 94 valence electrons. The number of nitrogen functional groups attached to an aromatic ring is 2. The molecule has 18 heavy (non-hydrogen) atoms. The third-order valence-corrected chi connectivity index (χ3v) is 2.58. The Balaban J connectivity index is 2.69. The molecular weight excluding hydrogens is 236 g/mol. The molecule has 0 bridgehead atoms. The van der Waals surface area contributed by atoms with E-state index in [1.54, 1.807) is 0 Å². The Labute approximate surface area is 102 Å². The van der Waals surface area contributed by atoms with E-state index in [1.807, 2.05) is 0 Å². The molecule has 0 heterocycles. The van der Waals surface area contributed by atoms with Gasteiger partial charge in [0.05, 0.1) is 11.4 Å². The van der Waals surface area contributed by atoms with Crippen LogP contribution in [0.3, 0.4) is 0 Å². The van der Waals surface area contributed by atoms with Crippen LogP contribution in [0.5, 0.6) is 23.0 Å². The van der Waals surface area contributed by atoms with Crippen LogP contribution in [-0.4, -0.2) is 20.4 Å². The summed E-state index contributed by atoms with van der Waals surface area (Å²) in [5.41, 5.74) is 11.1. The van der Waals surface area contributed by atoms with Crippen molar-refractivity contribution >= 4 is 11.4 Å². The van der Waals surface area contributed by atoms with Gasteiger partial charge in [-0.3, -0.25) is 0 Å². The van der Waals surface area contributed by atoms with Crippen LogP contribution in [0.2, 0.25) is 0 Å². The zero-order valence-electron chi connectivity index (χ0n) is 9.25. The fourth-order valence-corrected chi connectivity index (χ4v) is 1.62. The SMILES string of the molecule is Nc1cc(O)c(-c2cc(O)c(N)cc2O)cc1O. The molecular formula is C12H12N2O4. The number of aromatic hydroxyl groups is 4. The highest BCUT2D eigenvalue weighted by Gasteiger charge is 2.14. The van der Waals surface area contributed by atoms with Gasteiger partial charge in [-0.05, 0) is 12.1 Å². The standard InChI is InChI=1S/C12H12N2O4/c13-7-3-9(15)5(1-11(7)17)6-2-12(18)8(14)4-10(6)16/h1-4,15-18H,13-14H2. The predicted molar refractivity (Wildman–Crippen MR) is 67.4 cm³/mol. The van der Waals surface area contributed by atoms with E-state index in [4.69, 9.17) is 11.5 Å². The molecule has 6 heteroatoms. The monoisotopic (exact) mass is 248 g/mol. The summed E-state index contributed by atoms with van der Waals surface area (Å²) >= 11 is 0. The molecule has 0 aliphatic rings. The topological polar surface area (TPSA) is 133 Å². The molecule has 0 unspecified atom stereocenters. The number of phenolic OH excluding ortho intramolecular Hbond substituents is 4. The largest absolute Gasteiger partial charge is 0.507 e. The van der Waals surface area contributed by atoms with Gasteiger partial charge in [-0.1, -0.05) is 0 Å². The van der Waals surface area contributed by atoms with Crippen molar-refractivity contribution in [2.45, 2.75) is 0 Å². The van der Waals surface area contributed by atoms with Gasteiger partial charge < -0.3 is 31.9 Å². The second-order valence-corrected chi connectivity index (χ2v) is 3.86. The minimum atomic E-state index is -0.237. The summed E-state index contributed by atoms with van der Waals surface area (Å²) in [5.74, 6) is -0.938. The summed E-state index contributed by atoms with van der Waals surface area (Å²) in [6.45, 7) is 0. The molecule has 0 aliphatic heterocycles. The molecule has 0 saturated carbocycles. The van der Waals surface area contributed by atoms with Crippen LogP contribution in [0.1, 0.15) is 0 Å². The Bertz CT molecular complexity index is 570. The van der Waals surface area contributed by atoms with Crippen LogP contribution in [0.4, 0.5) is 11.4 Å². The number of nitrogens with two attached hydrogens (primary N) is 2. The average molecular weight is 248 g/mol. The third-order valence-electron chi connectivity index (χ3n) is 2.58. The summed E-state index contributed by atoms with van der Waals surface area (Å²) in [5, 5.41) is 38.5. The van der Waals surface area contributed by atoms with Crippen LogP contribution in [0, 0.1) is 0 Å². The van der Waals surface area contributed by atoms with Crippen LogP contribution >= 0.6 is 0 Å². The first-order valence-corrected chi connectivity index (χ1v) is 5.03. The Morgan fingerprint density at radius 3 is 1.22 bits per heavy atom. The molecule has 0 aromatic heterocycles. The minimum Gasteiger partial charge on any atom is -0.507 e. The summed E-state index contributed by atoms with van der Waals surface area (Å²) in [6.07, 6.45) is 0. The molecule has 0 radical (unpaired) electrons. The zero-order valence-corrected chi connectivity index (χ0v) is 9.25. The first-order chi connectivity index (χ1) is 8.40. The maximum Gasteiger partial charge on any atom is 0.139 e. The predicted octanol–water partition coefficient (Wildman–Crippen LogP) is 1.34. The van der Waals surface area contributed by atoms with Crippen molar-refractivity contribution in [2.75, 3.05) is 11.5 Å². The van der Waals surface area contributed by atoms with Gasteiger partial charge in [0.1, 0.15) is 23.0 Å². The van der Waals surface area contributed by atoms with E-state index < -0.39 is 0 Å². The third kappa shape index (κ3) is 1.80. The van der Waals surface area contributed by atoms with Gasteiger partial charge in [0.25, 0.3) is 0 Å². The van der Waals surface area contributed by atoms with Crippen LogP contribution < -0.4 is 11.5 Å². The molecule has 2 aromatic carbocycles. The molecule has 2 aromatic rings. The van der Waals surface area contributed by atoms with Crippen molar-refractivity contribution in [2.24, 2.45) is 0 Å². The molecule has 8 N–H and O–H groups in total. The average Bonchev–Trinajstić information content (AvgIpc) is 2.29. The van der Waals surface area contributed by atoms with E-state index in [-0.39, 0.29) is 45.5 Å². The second-order valence-electron chi connectivity index (χ2n) is 3.86. The van der Waals surface area contributed by atoms with Crippen molar-refractivity contribution in [3.05, 3.63) is 24.3 Å². The van der Waals surface area contributed by atoms with Crippen LogP contribution in [-0.2, 0) is 0 Å². The van der Waals surface area contributed by atoms with Gasteiger partial charge >= 0.3 is 0 Å². The highest BCUT2D eigenvalue weighted by molar-refractivity contribution is 5.82. The molecule has 6 nitrogen and oxygen atoms in total. The summed E-state index contributed by atoms with van der Waals surface area (Å²) in [7, 11) is 0. The Kier molecular flexibility index (Phi) is 2.55. The highest BCUT2D eigenvalue weighted by Crippen LogP contribution is 2.42. The van der Waals surface area contributed by atoms with Crippen LogP contribution in [0.15, 0.2) is 24.3 Å². The first-order valence-electron chi connectivity index (χ1n) is 5.03. The lowest BCUT2D eigenvalue weighted by Gasteiger charge is -2.11. The lowest BCUT2D eigenvalue weighted by atomic mass is 10.0. The van der Waals surface area contributed by atoms with Crippen molar-refractivity contribution in [3.8, 4) is 34.1 Å². The zero-order chi connectivity index (χ0) is 13.4. The van der Waals surface area contributed by atoms with Crippen LogP contribution in [0.25, 0.3) is 11.1 Å². The number of phenols is 4. The highest BCUT2D eigenvalue weighted by atomic mass is 16.3. The molecule has 0 saturated heterocycles. The number of anilines is 2. The second kappa shape index (κ2) is 3.92. The molecule has 2 rings (SSSR count). The lowest BCUT2D eigenvalue weighted by molar-refractivity contribution is 0.457. The maximum atomic E-state index is 9.74. The normalized spacial score (nSPS) is 10.4. The van der Waals surface area contributed by atoms with E-state index >= 15 is 0 Å². The van der Waals surface area contributed by atoms with Crippen molar-refractivity contribution in [3.63, 3.8) is 0 Å². The maximum absolute atomic E-state index is 9.74. The number of hydrogen-bond acceptors (Lipinski definition) is 6. The molecule has 0 amide bonds. The molecule has 0 atom stereocenters. The van der Waals surface area contributed by atoms with Crippen molar-refractivity contribution in [1.82, 2.24) is 0 Å². The van der Waals surface area contributed by atoms with E-state index in [1.165, 1.54) is 12.1 Å². The van der Waals surface area contributed by atoms with Gasteiger partial charge in [-0.2, -0.15) is 0 Å². The lowest BCUT2D eigenvalue weighted by Crippen LogP contribution is -1.90. The molecule has 0 fully saturated rings.